The molecule has 1 N–H and O–H groups in total. The lowest BCUT2D eigenvalue weighted by atomic mass is 9.79. The van der Waals surface area contributed by atoms with Crippen LogP contribution in [-0.2, 0) is 0 Å². The molecule has 0 aromatic carbocycles. The van der Waals surface area contributed by atoms with E-state index in [0.29, 0.717) is 6.04 Å². The third-order valence-corrected chi connectivity index (χ3v) is 4.80. The van der Waals surface area contributed by atoms with Crippen molar-refractivity contribution in [2.24, 2.45) is 5.92 Å². The minimum atomic E-state index is 0.548. The lowest BCUT2D eigenvalue weighted by Gasteiger charge is -2.35. The van der Waals surface area contributed by atoms with Gasteiger partial charge in [0.05, 0.1) is 7.11 Å². The minimum absolute atomic E-state index is 0.548. The number of nitrogens with zero attached hydrogens (tertiary/aromatic N) is 1. The third-order valence-electron chi connectivity index (χ3n) is 4.20. The van der Waals surface area contributed by atoms with E-state index in [1.54, 1.807) is 7.11 Å². The lowest BCUT2D eigenvalue weighted by molar-refractivity contribution is 0.298. The second kappa shape index (κ2) is 5.63. The van der Waals surface area contributed by atoms with Gasteiger partial charge in [-0.2, -0.15) is 0 Å². The van der Waals surface area contributed by atoms with E-state index in [9.17, 15) is 0 Å². The molecule has 3 rings (SSSR count). The van der Waals surface area contributed by atoms with E-state index in [1.165, 1.54) is 30.4 Å². The molecular weight excluding hydrogens is 304 g/mol. The van der Waals surface area contributed by atoms with Gasteiger partial charge in [0.15, 0.2) is 5.75 Å². The highest BCUT2D eigenvalue weighted by atomic mass is 79.9. The maximum absolute atomic E-state index is 5.33. The van der Waals surface area contributed by atoms with E-state index in [1.807, 2.05) is 6.20 Å². The van der Waals surface area contributed by atoms with Crippen LogP contribution in [0.15, 0.2) is 22.9 Å². The van der Waals surface area contributed by atoms with Crippen molar-refractivity contribution in [2.75, 3.05) is 13.7 Å². The number of fused-ring (bicyclic) bond motifs is 1. The van der Waals surface area contributed by atoms with Gasteiger partial charge in [0.1, 0.15) is 4.60 Å². The van der Waals surface area contributed by atoms with Crippen molar-refractivity contribution in [3.05, 3.63) is 28.5 Å². The molecule has 4 heteroatoms. The van der Waals surface area contributed by atoms with Gasteiger partial charge in [0.2, 0.25) is 0 Å². The fourth-order valence-corrected chi connectivity index (χ4v) is 3.50. The summed E-state index contributed by atoms with van der Waals surface area (Å²) in [6, 6.07) is 2.62. The molecule has 3 nitrogen and oxygen atoms in total. The van der Waals surface area contributed by atoms with Crippen LogP contribution in [0, 0.1) is 5.92 Å². The van der Waals surface area contributed by atoms with Crippen molar-refractivity contribution in [1.82, 2.24) is 10.3 Å². The summed E-state index contributed by atoms with van der Waals surface area (Å²) in [4.78, 5) is 4.36. The number of halogens is 1. The average Bonchev–Trinajstić information content (AvgIpc) is 2.47. The number of nitrogens with one attached hydrogen (secondary N) is 1. The number of ether oxygens (including phenoxy) is 1. The normalized spacial score (nSPS) is 26.5. The first-order valence-electron chi connectivity index (χ1n) is 6.92. The maximum Gasteiger partial charge on any atom is 0.152 e. The number of piperidine rings is 1. The van der Waals surface area contributed by atoms with E-state index >= 15 is 0 Å². The molecule has 0 bridgehead atoms. The summed E-state index contributed by atoms with van der Waals surface area (Å²) in [5.74, 6) is 1.62. The molecule has 19 heavy (non-hydrogen) atoms. The predicted octanol–water partition coefficient (Wildman–Crippen LogP) is 3.40. The van der Waals surface area contributed by atoms with Crippen molar-refractivity contribution >= 4 is 21.5 Å². The first kappa shape index (κ1) is 13.1. The monoisotopic (exact) mass is 322 g/mol. The number of hydrogen-bond acceptors (Lipinski definition) is 3. The molecule has 1 aromatic heterocycles. The summed E-state index contributed by atoms with van der Waals surface area (Å²) in [6.45, 7) is 1.15. The van der Waals surface area contributed by atoms with Crippen molar-refractivity contribution < 1.29 is 4.74 Å². The van der Waals surface area contributed by atoms with Gasteiger partial charge in [-0.15, -0.1) is 0 Å². The van der Waals surface area contributed by atoms with Crippen LogP contribution in [0.2, 0.25) is 0 Å². The van der Waals surface area contributed by atoms with Crippen LogP contribution < -0.4 is 10.1 Å². The number of methoxy groups -OCH3 is 1. The van der Waals surface area contributed by atoms with E-state index in [0.717, 1.165) is 29.2 Å². The van der Waals surface area contributed by atoms with Crippen LogP contribution in [0.1, 0.15) is 31.2 Å². The molecule has 0 radical (unpaired) electrons. The van der Waals surface area contributed by atoms with Crippen molar-refractivity contribution in [3.63, 3.8) is 0 Å². The number of pyridine rings is 1. The molecule has 2 atom stereocenters. The van der Waals surface area contributed by atoms with Gasteiger partial charge in [-0.3, -0.25) is 0 Å². The number of aromatic nitrogens is 1. The van der Waals surface area contributed by atoms with Gasteiger partial charge in [-0.25, -0.2) is 4.98 Å². The molecular formula is C15H19BrN2O. The maximum atomic E-state index is 5.33. The molecule has 0 amide bonds. The van der Waals surface area contributed by atoms with Gasteiger partial charge in [0.25, 0.3) is 0 Å². The van der Waals surface area contributed by atoms with E-state index < -0.39 is 0 Å². The molecule has 102 valence electrons. The van der Waals surface area contributed by atoms with Crippen LogP contribution in [0.3, 0.4) is 0 Å². The summed E-state index contributed by atoms with van der Waals surface area (Å²) in [5, 5.41) is 3.62. The van der Waals surface area contributed by atoms with Crippen LogP contribution in [0.4, 0.5) is 0 Å². The Balaban J connectivity index is 1.87. The topological polar surface area (TPSA) is 34.1 Å². The van der Waals surface area contributed by atoms with Crippen LogP contribution >= 0.6 is 15.9 Å². The minimum Gasteiger partial charge on any atom is -0.494 e. The van der Waals surface area contributed by atoms with Crippen LogP contribution in [0.5, 0.6) is 5.75 Å². The number of allylic oxidation sites excluding steroid dienone is 1. The molecule has 2 heterocycles. The number of rotatable bonds is 2. The molecule has 1 aliphatic heterocycles. The van der Waals surface area contributed by atoms with Gasteiger partial charge in [-0.05, 0) is 71.3 Å². The Bertz CT molecular complexity index is 501. The Labute approximate surface area is 122 Å². The zero-order valence-corrected chi connectivity index (χ0v) is 12.7. The quantitative estimate of drug-likeness (QED) is 0.847. The average molecular weight is 323 g/mol. The zero-order chi connectivity index (χ0) is 13.2. The van der Waals surface area contributed by atoms with Crippen molar-refractivity contribution in [2.45, 2.75) is 31.7 Å². The second-order valence-electron chi connectivity index (χ2n) is 5.33. The van der Waals surface area contributed by atoms with Gasteiger partial charge in [0, 0.05) is 12.2 Å². The number of hydrogen-bond donors (Lipinski definition) is 1. The summed E-state index contributed by atoms with van der Waals surface area (Å²) in [5.41, 5.74) is 2.58. The van der Waals surface area contributed by atoms with Crippen molar-refractivity contribution in [1.29, 1.82) is 0 Å². The highest BCUT2D eigenvalue weighted by Gasteiger charge is 2.27. The fraction of sp³-hybridized carbons (Fsp3) is 0.533. The summed E-state index contributed by atoms with van der Waals surface area (Å²) in [7, 11) is 1.68. The van der Waals surface area contributed by atoms with E-state index in [2.05, 4.69) is 38.4 Å². The summed E-state index contributed by atoms with van der Waals surface area (Å²) >= 11 is 3.40. The third kappa shape index (κ3) is 2.70. The van der Waals surface area contributed by atoms with Crippen LogP contribution in [0.25, 0.3) is 5.57 Å². The molecule has 1 saturated heterocycles. The predicted molar refractivity (Wildman–Crippen MR) is 80.2 cm³/mol. The van der Waals surface area contributed by atoms with Gasteiger partial charge in [-0.1, -0.05) is 6.08 Å². The summed E-state index contributed by atoms with van der Waals surface area (Å²) in [6.07, 6.45) is 9.44. The largest absolute Gasteiger partial charge is 0.494 e. The molecule has 0 spiro atoms. The van der Waals surface area contributed by atoms with E-state index in [4.69, 9.17) is 4.74 Å². The Morgan fingerprint density at radius 3 is 3.16 bits per heavy atom. The molecule has 1 fully saturated rings. The Kier molecular flexibility index (Phi) is 3.89. The highest BCUT2D eigenvalue weighted by Crippen LogP contribution is 2.35. The van der Waals surface area contributed by atoms with Crippen molar-refractivity contribution in [3.8, 4) is 5.75 Å². The molecule has 0 unspecified atom stereocenters. The zero-order valence-electron chi connectivity index (χ0n) is 11.2. The highest BCUT2D eigenvalue weighted by molar-refractivity contribution is 9.10. The SMILES string of the molecule is COc1cc(C2=C[C@H]3NCCC[C@H]3CC2)cnc1Br. The molecule has 0 saturated carbocycles. The van der Waals surface area contributed by atoms with Crippen LogP contribution in [-0.4, -0.2) is 24.7 Å². The summed E-state index contributed by atoms with van der Waals surface area (Å²) < 4.78 is 6.10. The molecule has 1 aromatic rings. The Morgan fingerprint density at radius 1 is 1.42 bits per heavy atom. The van der Waals surface area contributed by atoms with E-state index in [-0.39, 0.29) is 0 Å². The standard InChI is InChI=1S/C15H19BrN2O/c1-19-14-8-12(9-18-15(14)16)11-5-4-10-3-2-6-17-13(10)7-11/h7-10,13,17H,2-6H2,1H3/t10-,13+/m0/s1. The first-order chi connectivity index (χ1) is 9.28. The van der Waals surface area contributed by atoms with Gasteiger partial charge >= 0.3 is 0 Å². The van der Waals surface area contributed by atoms with Gasteiger partial charge < -0.3 is 10.1 Å². The Morgan fingerprint density at radius 2 is 2.32 bits per heavy atom. The second-order valence-corrected chi connectivity index (χ2v) is 6.08. The fourth-order valence-electron chi connectivity index (χ4n) is 3.13. The smallest absolute Gasteiger partial charge is 0.152 e. The Hall–Kier alpha value is -0.870. The lowest BCUT2D eigenvalue weighted by Crippen LogP contribution is -2.41. The molecule has 1 aliphatic carbocycles. The first-order valence-corrected chi connectivity index (χ1v) is 7.71. The molecule has 2 aliphatic rings.